The number of alkyl halides is 3. The van der Waals surface area contributed by atoms with Crippen molar-refractivity contribution in [3.05, 3.63) is 29.6 Å². The molecule has 5 nitrogen and oxygen atoms in total. The number of hydrogen-bond donors (Lipinski definition) is 1. The number of rotatable bonds is 5. The van der Waals surface area contributed by atoms with Crippen LogP contribution in [-0.4, -0.2) is 54.7 Å². The molecule has 0 spiro atoms. The summed E-state index contributed by atoms with van der Waals surface area (Å²) in [6.45, 7) is 7.35. The lowest BCUT2D eigenvalue weighted by Gasteiger charge is -2.34. The molecular weight excluding hydrogens is 323 g/mol. The van der Waals surface area contributed by atoms with Crippen molar-refractivity contribution in [1.82, 2.24) is 15.2 Å². The SMILES string of the molecule is CC(C)CN1CCOC(CNC(=O)c2cccnc2C(F)(F)F)C1. The van der Waals surface area contributed by atoms with Gasteiger partial charge in [0.05, 0.1) is 18.3 Å². The van der Waals surface area contributed by atoms with E-state index in [9.17, 15) is 18.0 Å². The second-order valence-electron chi connectivity index (χ2n) is 6.25. The predicted molar refractivity (Wildman–Crippen MR) is 82.6 cm³/mol. The quantitative estimate of drug-likeness (QED) is 0.889. The van der Waals surface area contributed by atoms with Crippen molar-refractivity contribution in [3.8, 4) is 0 Å². The predicted octanol–water partition coefficient (Wildman–Crippen LogP) is 2.19. The molecule has 8 heteroatoms. The first-order chi connectivity index (χ1) is 11.3. The zero-order chi connectivity index (χ0) is 17.7. The maximum Gasteiger partial charge on any atom is 0.434 e. The number of nitrogens with zero attached hydrogens (tertiary/aromatic N) is 2. The molecule has 0 aromatic carbocycles. The normalized spacial score (nSPS) is 19.5. The van der Waals surface area contributed by atoms with Gasteiger partial charge >= 0.3 is 6.18 Å². The summed E-state index contributed by atoms with van der Waals surface area (Å²) >= 11 is 0. The smallest absolute Gasteiger partial charge is 0.374 e. The van der Waals surface area contributed by atoms with Crippen LogP contribution in [0, 0.1) is 5.92 Å². The fraction of sp³-hybridized carbons (Fsp3) is 0.625. The molecule has 0 bridgehead atoms. The number of nitrogens with one attached hydrogen (secondary N) is 1. The molecule has 1 amide bonds. The van der Waals surface area contributed by atoms with Gasteiger partial charge in [-0.15, -0.1) is 0 Å². The zero-order valence-electron chi connectivity index (χ0n) is 13.8. The Hall–Kier alpha value is -1.67. The lowest BCUT2D eigenvalue weighted by molar-refractivity contribution is -0.141. The minimum absolute atomic E-state index is 0.166. The van der Waals surface area contributed by atoms with Crippen LogP contribution < -0.4 is 5.32 Å². The van der Waals surface area contributed by atoms with Crippen LogP contribution in [0.15, 0.2) is 18.3 Å². The summed E-state index contributed by atoms with van der Waals surface area (Å²) in [6.07, 6.45) is -3.87. The number of hydrogen-bond acceptors (Lipinski definition) is 4. The summed E-state index contributed by atoms with van der Waals surface area (Å²) in [7, 11) is 0. The molecule has 0 radical (unpaired) electrons. The molecule has 1 saturated heterocycles. The van der Waals surface area contributed by atoms with Crippen molar-refractivity contribution in [1.29, 1.82) is 0 Å². The first-order valence-corrected chi connectivity index (χ1v) is 7.91. The number of amides is 1. The largest absolute Gasteiger partial charge is 0.434 e. The Labute approximate surface area is 139 Å². The molecule has 1 aliphatic rings. The number of carbonyl (C=O) groups excluding carboxylic acids is 1. The Bertz CT molecular complexity index is 564. The van der Waals surface area contributed by atoms with Crippen molar-refractivity contribution in [2.45, 2.75) is 26.1 Å². The Kier molecular flexibility index (Phi) is 6.17. The monoisotopic (exact) mass is 345 g/mol. The molecule has 1 unspecified atom stereocenters. The maximum atomic E-state index is 12.9. The van der Waals surface area contributed by atoms with E-state index < -0.39 is 23.3 Å². The fourth-order valence-corrected chi connectivity index (χ4v) is 2.70. The molecule has 0 aliphatic carbocycles. The molecule has 2 heterocycles. The van der Waals surface area contributed by atoms with Crippen LogP contribution in [0.25, 0.3) is 0 Å². The molecule has 134 valence electrons. The van der Waals surface area contributed by atoms with E-state index in [4.69, 9.17) is 4.74 Å². The average molecular weight is 345 g/mol. The average Bonchev–Trinajstić information content (AvgIpc) is 2.51. The van der Waals surface area contributed by atoms with E-state index in [1.165, 1.54) is 6.07 Å². The molecule has 24 heavy (non-hydrogen) atoms. The number of aromatic nitrogens is 1. The number of halogens is 3. The molecular formula is C16H22F3N3O2. The van der Waals surface area contributed by atoms with E-state index in [2.05, 4.69) is 29.0 Å². The van der Waals surface area contributed by atoms with Gasteiger partial charge in [0.2, 0.25) is 0 Å². The summed E-state index contributed by atoms with van der Waals surface area (Å²) in [6, 6.07) is 2.43. The molecule has 1 atom stereocenters. The second-order valence-corrected chi connectivity index (χ2v) is 6.25. The Morgan fingerprint density at radius 2 is 2.25 bits per heavy atom. The lowest BCUT2D eigenvalue weighted by atomic mass is 10.1. The Morgan fingerprint density at radius 1 is 1.50 bits per heavy atom. The van der Waals surface area contributed by atoms with Gasteiger partial charge in [-0.3, -0.25) is 14.7 Å². The third kappa shape index (κ3) is 5.17. The van der Waals surface area contributed by atoms with Crippen molar-refractivity contribution in [2.24, 2.45) is 5.92 Å². The van der Waals surface area contributed by atoms with Crippen molar-refractivity contribution >= 4 is 5.91 Å². The topological polar surface area (TPSA) is 54.5 Å². The number of pyridine rings is 1. The van der Waals surface area contributed by atoms with E-state index >= 15 is 0 Å². The summed E-state index contributed by atoms with van der Waals surface area (Å²) in [5.41, 5.74) is -1.65. The summed E-state index contributed by atoms with van der Waals surface area (Å²) < 4.78 is 44.3. The van der Waals surface area contributed by atoms with Crippen molar-refractivity contribution in [3.63, 3.8) is 0 Å². The molecule has 1 aromatic rings. The zero-order valence-corrected chi connectivity index (χ0v) is 13.8. The van der Waals surface area contributed by atoms with E-state index in [0.717, 1.165) is 25.4 Å². The van der Waals surface area contributed by atoms with E-state index in [1.54, 1.807) is 0 Å². The Morgan fingerprint density at radius 3 is 2.92 bits per heavy atom. The highest BCUT2D eigenvalue weighted by Crippen LogP contribution is 2.29. The first kappa shape index (κ1) is 18.7. The third-order valence-corrected chi connectivity index (χ3v) is 3.66. The van der Waals surface area contributed by atoms with Crippen LogP contribution in [0.3, 0.4) is 0 Å². The number of carbonyl (C=O) groups is 1. The minimum Gasteiger partial charge on any atom is -0.374 e. The number of morpholine rings is 1. The van der Waals surface area contributed by atoms with Crippen LogP contribution in [0.2, 0.25) is 0 Å². The number of ether oxygens (including phenoxy) is 1. The van der Waals surface area contributed by atoms with Gasteiger partial charge in [-0.2, -0.15) is 13.2 Å². The third-order valence-electron chi connectivity index (χ3n) is 3.66. The fourth-order valence-electron chi connectivity index (χ4n) is 2.70. The molecule has 0 saturated carbocycles. The Balaban J connectivity index is 1.94. The summed E-state index contributed by atoms with van der Waals surface area (Å²) in [5, 5.41) is 2.52. The van der Waals surface area contributed by atoms with Crippen LogP contribution in [0.4, 0.5) is 13.2 Å². The van der Waals surface area contributed by atoms with Crippen LogP contribution in [0.5, 0.6) is 0 Å². The van der Waals surface area contributed by atoms with Gasteiger partial charge in [-0.25, -0.2) is 0 Å². The van der Waals surface area contributed by atoms with Gasteiger partial charge in [0.15, 0.2) is 5.69 Å². The standard InChI is InChI=1S/C16H22F3N3O2/c1-11(2)9-22-6-7-24-12(10-22)8-21-15(23)13-4-3-5-20-14(13)16(17,18)19/h3-5,11-12H,6-10H2,1-2H3,(H,21,23). The second kappa shape index (κ2) is 7.94. The molecule has 1 N–H and O–H groups in total. The van der Waals surface area contributed by atoms with Crippen molar-refractivity contribution < 1.29 is 22.7 Å². The maximum absolute atomic E-state index is 12.9. The minimum atomic E-state index is -4.66. The van der Waals surface area contributed by atoms with Gasteiger partial charge < -0.3 is 10.1 Å². The molecule has 1 aromatic heterocycles. The van der Waals surface area contributed by atoms with Crippen LogP contribution >= 0.6 is 0 Å². The van der Waals surface area contributed by atoms with Gasteiger partial charge in [0.1, 0.15) is 0 Å². The van der Waals surface area contributed by atoms with Gasteiger partial charge in [0, 0.05) is 32.4 Å². The van der Waals surface area contributed by atoms with Crippen LogP contribution in [0.1, 0.15) is 29.9 Å². The first-order valence-electron chi connectivity index (χ1n) is 7.91. The highest BCUT2D eigenvalue weighted by molar-refractivity contribution is 5.95. The summed E-state index contributed by atoms with van der Waals surface area (Å²) in [4.78, 5) is 17.6. The lowest BCUT2D eigenvalue weighted by Crippen LogP contribution is -2.48. The van der Waals surface area contributed by atoms with Gasteiger partial charge in [-0.05, 0) is 18.1 Å². The highest BCUT2D eigenvalue weighted by Gasteiger charge is 2.37. The van der Waals surface area contributed by atoms with Crippen molar-refractivity contribution in [2.75, 3.05) is 32.8 Å². The summed E-state index contributed by atoms with van der Waals surface area (Å²) in [5.74, 6) is -0.275. The molecule has 2 rings (SSSR count). The van der Waals surface area contributed by atoms with Gasteiger partial charge in [0.25, 0.3) is 5.91 Å². The van der Waals surface area contributed by atoms with Gasteiger partial charge in [-0.1, -0.05) is 13.8 Å². The van der Waals surface area contributed by atoms with Crippen LogP contribution in [-0.2, 0) is 10.9 Å². The van der Waals surface area contributed by atoms with E-state index in [-0.39, 0.29) is 12.6 Å². The molecule has 1 fully saturated rings. The highest BCUT2D eigenvalue weighted by atomic mass is 19.4. The van der Waals surface area contributed by atoms with E-state index in [0.29, 0.717) is 19.1 Å². The van der Waals surface area contributed by atoms with E-state index in [1.807, 2.05) is 0 Å². The molecule has 1 aliphatic heterocycles.